The zero-order chi connectivity index (χ0) is 21.7. The first-order valence-electron chi connectivity index (χ1n) is 9.33. The van der Waals surface area contributed by atoms with Crippen molar-refractivity contribution >= 4 is 21.7 Å². The van der Waals surface area contributed by atoms with Crippen LogP contribution in [0.15, 0.2) is 64.3 Å². The number of H-pyrrole nitrogens is 1. The lowest BCUT2D eigenvalue weighted by molar-refractivity contribution is 0.0526. The summed E-state index contributed by atoms with van der Waals surface area (Å²) >= 11 is 0. The molecule has 3 aromatic rings. The van der Waals surface area contributed by atoms with Gasteiger partial charge in [-0.3, -0.25) is 9.52 Å². The Kier molecular flexibility index (Phi) is 6.31. The first kappa shape index (κ1) is 21.3. The number of hydrogen-bond donors (Lipinski definition) is 2. The van der Waals surface area contributed by atoms with Crippen molar-refractivity contribution in [3.8, 4) is 11.4 Å². The van der Waals surface area contributed by atoms with Crippen molar-refractivity contribution in [1.82, 2.24) is 9.97 Å². The lowest BCUT2D eigenvalue weighted by Crippen LogP contribution is -2.14. The zero-order valence-electron chi connectivity index (χ0n) is 16.5. The average molecular weight is 427 g/mol. The highest BCUT2D eigenvalue weighted by Gasteiger charge is 2.16. The number of aromatic nitrogens is 2. The fourth-order valence-corrected chi connectivity index (χ4v) is 3.80. The maximum Gasteiger partial charge on any atom is 0.338 e. The molecule has 0 bridgehead atoms. The van der Waals surface area contributed by atoms with Crippen molar-refractivity contribution < 1.29 is 17.9 Å². The SMILES string of the molecule is CCOC(=O)c1ccc(S(=O)(=O)Nc2cccc(-c3nc(CC)cc(=O)[nH]3)c2)cc1. The topological polar surface area (TPSA) is 118 Å². The molecule has 0 fully saturated rings. The molecule has 2 aromatic carbocycles. The van der Waals surface area contributed by atoms with Crippen LogP contribution in [0.2, 0.25) is 0 Å². The highest BCUT2D eigenvalue weighted by Crippen LogP contribution is 2.22. The number of esters is 1. The van der Waals surface area contributed by atoms with Crippen LogP contribution in [0, 0.1) is 0 Å². The molecule has 30 heavy (non-hydrogen) atoms. The van der Waals surface area contributed by atoms with Crippen LogP contribution in [0.3, 0.4) is 0 Å². The van der Waals surface area contributed by atoms with Gasteiger partial charge in [0.25, 0.3) is 15.6 Å². The molecule has 0 saturated heterocycles. The Labute approximate surface area is 174 Å². The predicted molar refractivity (Wildman–Crippen MR) is 113 cm³/mol. The van der Waals surface area contributed by atoms with E-state index in [2.05, 4.69) is 14.7 Å². The number of sulfonamides is 1. The third kappa shape index (κ3) is 4.93. The van der Waals surface area contributed by atoms with Gasteiger partial charge in [0, 0.05) is 23.0 Å². The zero-order valence-corrected chi connectivity index (χ0v) is 17.3. The van der Waals surface area contributed by atoms with E-state index in [4.69, 9.17) is 4.74 Å². The molecule has 0 aliphatic carbocycles. The summed E-state index contributed by atoms with van der Waals surface area (Å²) in [5, 5.41) is 0. The van der Waals surface area contributed by atoms with E-state index < -0.39 is 16.0 Å². The lowest BCUT2D eigenvalue weighted by Gasteiger charge is -2.10. The summed E-state index contributed by atoms with van der Waals surface area (Å²) in [6.07, 6.45) is 0.602. The first-order valence-corrected chi connectivity index (χ1v) is 10.8. The maximum absolute atomic E-state index is 12.7. The van der Waals surface area contributed by atoms with Crippen molar-refractivity contribution in [2.24, 2.45) is 0 Å². The van der Waals surface area contributed by atoms with Crippen molar-refractivity contribution in [3.05, 3.63) is 76.2 Å². The minimum Gasteiger partial charge on any atom is -0.462 e. The molecule has 0 unspecified atom stereocenters. The molecule has 3 rings (SSSR count). The first-order chi connectivity index (χ1) is 14.3. The van der Waals surface area contributed by atoms with Crippen LogP contribution in [-0.4, -0.2) is 31.0 Å². The molecule has 0 saturated carbocycles. The summed E-state index contributed by atoms with van der Waals surface area (Å²) in [5.41, 5.74) is 1.52. The Morgan fingerprint density at radius 2 is 1.83 bits per heavy atom. The van der Waals surface area contributed by atoms with Crippen molar-refractivity contribution in [2.75, 3.05) is 11.3 Å². The summed E-state index contributed by atoms with van der Waals surface area (Å²) in [6.45, 7) is 3.82. The monoisotopic (exact) mass is 427 g/mol. The van der Waals surface area contributed by atoms with Gasteiger partial charge in [-0.05, 0) is 49.7 Å². The Hall–Kier alpha value is -3.46. The molecule has 8 nitrogen and oxygen atoms in total. The summed E-state index contributed by atoms with van der Waals surface area (Å²) < 4.78 is 32.8. The lowest BCUT2D eigenvalue weighted by atomic mass is 10.2. The van der Waals surface area contributed by atoms with Crippen LogP contribution in [0.4, 0.5) is 5.69 Å². The van der Waals surface area contributed by atoms with E-state index >= 15 is 0 Å². The summed E-state index contributed by atoms with van der Waals surface area (Å²) in [6, 6.07) is 13.5. The Morgan fingerprint density at radius 3 is 2.50 bits per heavy atom. The molecular weight excluding hydrogens is 406 g/mol. The largest absolute Gasteiger partial charge is 0.462 e. The highest BCUT2D eigenvalue weighted by molar-refractivity contribution is 7.92. The molecular formula is C21H21N3O5S. The number of benzene rings is 2. The quantitative estimate of drug-likeness (QED) is 0.560. The number of carbonyl (C=O) groups excluding carboxylic acids is 1. The maximum atomic E-state index is 12.7. The van der Waals surface area contributed by atoms with Crippen LogP contribution < -0.4 is 10.3 Å². The molecule has 0 radical (unpaired) electrons. The van der Waals surface area contributed by atoms with Gasteiger partial charge in [-0.25, -0.2) is 18.2 Å². The van der Waals surface area contributed by atoms with E-state index in [0.29, 0.717) is 29.2 Å². The van der Waals surface area contributed by atoms with Crippen LogP contribution in [0.25, 0.3) is 11.4 Å². The van der Waals surface area contributed by atoms with E-state index in [1.807, 2.05) is 6.92 Å². The molecule has 0 aliphatic heterocycles. The minimum atomic E-state index is -3.88. The van der Waals surface area contributed by atoms with Crippen molar-refractivity contribution in [3.63, 3.8) is 0 Å². The van der Waals surface area contributed by atoms with Gasteiger partial charge in [0.1, 0.15) is 5.82 Å². The standard InChI is InChI=1S/C21H21N3O5S/c1-3-16-13-19(25)23-20(22-16)15-6-5-7-17(12-15)24-30(27,28)18-10-8-14(9-11-18)21(26)29-4-2/h5-13,24H,3-4H2,1-2H3,(H,22,23,25). The molecule has 0 atom stereocenters. The summed E-state index contributed by atoms with van der Waals surface area (Å²) in [5.74, 6) is -0.155. The Bertz CT molecular complexity index is 1220. The van der Waals surface area contributed by atoms with Crippen LogP contribution in [0.1, 0.15) is 29.9 Å². The number of aryl methyl sites for hydroxylation is 1. The fraction of sp³-hybridized carbons (Fsp3) is 0.190. The van der Waals surface area contributed by atoms with Crippen LogP contribution in [-0.2, 0) is 21.2 Å². The second-order valence-electron chi connectivity index (χ2n) is 6.37. The van der Waals surface area contributed by atoms with Crippen molar-refractivity contribution in [2.45, 2.75) is 25.2 Å². The van der Waals surface area contributed by atoms with E-state index in [0.717, 1.165) is 0 Å². The molecule has 2 N–H and O–H groups in total. The van der Waals surface area contributed by atoms with E-state index in [1.165, 1.54) is 30.3 Å². The van der Waals surface area contributed by atoms with Gasteiger partial charge in [0.2, 0.25) is 0 Å². The molecule has 156 valence electrons. The number of nitrogens with one attached hydrogen (secondary N) is 2. The second-order valence-corrected chi connectivity index (χ2v) is 8.05. The van der Waals surface area contributed by atoms with Gasteiger partial charge in [-0.1, -0.05) is 19.1 Å². The Morgan fingerprint density at radius 1 is 1.10 bits per heavy atom. The number of nitrogens with zero attached hydrogens (tertiary/aromatic N) is 1. The molecule has 1 aromatic heterocycles. The molecule has 9 heteroatoms. The molecule has 0 aliphatic rings. The molecule has 1 heterocycles. The van der Waals surface area contributed by atoms with E-state index in [-0.39, 0.29) is 22.6 Å². The van der Waals surface area contributed by atoms with E-state index in [9.17, 15) is 18.0 Å². The second kappa shape index (κ2) is 8.91. The third-order valence-electron chi connectivity index (χ3n) is 4.22. The predicted octanol–water partition coefficient (Wildman–Crippen LogP) is 2.98. The van der Waals surface area contributed by atoms with Gasteiger partial charge < -0.3 is 9.72 Å². The van der Waals surface area contributed by atoms with Crippen LogP contribution >= 0.6 is 0 Å². The van der Waals surface area contributed by atoms with Gasteiger partial charge in [-0.15, -0.1) is 0 Å². The smallest absolute Gasteiger partial charge is 0.338 e. The normalized spacial score (nSPS) is 11.1. The number of rotatable bonds is 7. The number of hydrogen-bond acceptors (Lipinski definition) is 6. The van der Waals surface area contributed by atoms with E-state index in [1.54, 1.807) is 31.2 Å². The molecule has 0 spiro atoms. The number of ether oxygens (including phenoxy) is 1. The van der Waals surface area contributed by atoms with Crippen molar-refractivity contribution in [1.29, 1.82) is 0 Å². The van der Waals surface area contributed by atoms with Gasteiger partial charge in [0.15, 0.2) is 0 Å². The Balaban J connectivity index is 1.86. The van der Waals surface area contributed by atoms with Gasteiger partial charge in [0.05, 0.1) is 17.1 Å². The number of carbonyl (C=O) groups is 1. The van der Waals surface area contributed by atoms with Crippen LogP contribution in [0.5, 0.6) is 0 Å². The number of aromatic amines is 1. The fourth-order valence-electron chi connectivity index (χ4n) is 2.75. The third-order valence-corrected chi connectivity index (χ3v) is 5.62. The summed E-state index contributed by atoms with van der Waals surface area (Å²) in [4.78, 5) is 30.6. The van der Waals surface area contributed by atoms with Gasteiger partial charge in [-0.2, -0.15) is 0 Å². The molecule has 0 amide bonds. The minimum absolute atomic E-state index is 0.000429. The average Bonchev–Trinajstić information content (AvgIpc) is 2.73. The number of anilines is 1. The van der Waals surface area contributed by atoms with Gasteiger partial charge >= 0.3 is 5.97 Å². The highest BCUT2D eigenvalue weighted by atomic mass is 32.2. The summed E-state index contributed by atoms with van der Waals surface area (Å²) in [7, 11) is -3.88.